The van der Waals surface area contributed by atoms with Crippen LogP contribution in [-0.2, 0) is 57.1 Å². The van der Waals surface area contributed by atoms with E-state index < -0.39 is 110 Å². The highest BCUT2D eigenvalue weighted by molar-refractivity contribution is 5.91. The van der Waals surface area contributed by atoms with Crippen LogP contribution < -0.4 is 9.47 Å². The summed E-state index contributed by atoms with van der Waals surface area (Å²) >= 11 is 0. The zero-order valence-corrected chi connectivity index (χ0v) is 40.0. The Bertz CT molecular complexity index is 2500. The molecule has 8 bridgehead atoms. The fraction of sp³-hybridized carbons (Fsp3) is 0.333. The van der Waals surface area contributed by atoms with Gasteiger partial charge in [-0.1, -0.05) is 48.6 Å². The van der Waals surface area contributed by atoms with Gasteiger partial charge in [-0.2, -0.15) is 0 Å². The molecule has 0 spiro atoms. The van der Waals surface area contributed by atoms with Crippen LogP contribution in [0.3, 0.4) is 0 Å². The molecule has 2 N–H and O–H groups in total. The number of esters is 6. The minimum Gasteiger partial charge on any atom is -0.461 e. The number of carbonyl (C=O) groups excluding carboxylic acids is 8. The summed E-state index contributed by atoms with van der Waals surface area (Å²) in [5.41, 5.74) is 0.0982. The number of benzene rings is 4. The fourth-order valence-electron chi connectivity index (χ4n) is 7.73. The van der Waals surface area contributed by atoms with Crippen molar-refractivity contribution in [2.75, 3.05) is 13.2 Å². The average Bonchev–Trinajstić information content (AvgIpc) is 3.39. The van der Waals surface area contributed by atoms with Crippen LogP contribution in [0.25, 0.3) is 0 Å². The molecule has 20 nitrogen and oxygen atoms in total. The number of rotatable bonds is 14. The van der Waals surface area contributed by atoms with Gasteiger partial charge in [0.2, 0.25) is 12.6 Å². The molecule has 2 fully saturated rings. The van der Waals surface area contributed by atoms with E-state index in [1.165, 1.54) is 111 Å². The summed E-state index contributed by atoms with van der Waals surface area (Å²) in [6.45, 7) is 1.35. The molecule has 20 heteroatoms. The monoisotopic (exact) mass is 1020 g/mol. The number of aliphatic hydroxyl groups is 2. The van der Waals surface area contributed by atoms with E-state index in [2.05, 4.69) is 0 Å². The van der Waals surface area contributed by atoms with Gasteiger partial charge in [-0.25, -0.2) is 19.2 Å². The van der Waals surface area contributed by atoms with E-state index in [-0.39, 0.29) is 71.0 Å². The van der Waals surface area contributed by atoms with Gasteiger partial charge in [0.1, 0.15) is 49.1 Å². The lowest BCUT2D eigenvalue weighted by Crippen LogP contribution is -2.62. The number of carbonyl (C=O) groups is 8. The van der Waals surface area contributed by atoms with Crippen LogP contribution in [-0.4, -0.2) is 132 Å². The first-order valence-electron chi connectivity index (χ1n) is 23.4. The zero-order valence-electron chi connectivity index (χ0n) is 40.0. The second-order valence-corrected chi connectivity index (χ2v) is 17.0. The highest BCUT2D eigenvalue weighted by Crippen LogP contribution is 2.33. The average molecular weight is 1020 g/mol. The zero-order chi connectivity index (χ0) is 52.7. The summed E-state index contributed by atoms with van der Waals surface area (Å²) in [5, 5.41) is 23.9. The predicted octanol–water partition coefficient (Wildman–Crippen LogP) is 4.77. The molecule has 6 aliphatic rings. The number of hydrogen-bond acceptors (Lipinski definition) is 20. The maximum atomic E-state index is 13.7. The van der Waals surface area contributed by atoms with Crippen molar-refractivity contribution in [2.24, 2.45) is 0 Å². The maximum Gasteiger partial charge on any atom is 0.338 e. The van der Waals surface area contributed by atoms with Crippen molar-refractivity contribution in [2.45, 2.75) is 101 Å². The van der Waals surface area contributed by atoms with E-state index in [9.17, 15) is 48.6 Å². The third kappa shape index (κ3) is 14.6. The van der Waals surface area contributed by atoms with Crippen LogP contribution in [0.4, 0.5) is 0 Å². The molecule has 0 radical (unpaired) electrons. The molecule has 4 aromatic carbocycles. The summed E-state index contributed by atoms with van der Waals surface area (Å²) in [4.78, 5) is 104. The summed E-state index contributed by atoms with van der Waals surface area (Å²) in [7, 11) is 0. The Morgan fingerprint density at radius 2 is 0.878 bits per heavy atom. The summed E-state index contributed by atoms with van der Waals surface area (Å²) in [6, 6.07) is 26.1. The molecule has 4 aromatic rings. The molecule has 6 aliphatic heterocycles. The van der Waals surface area contributed by atoms with Crippen molar-refractivity contribution in [3.8, 4) is 11.5 Å². The minimum absolute atomic E-state index is 0.00475. The van der Waals surface area contributed by atoms with Crippen LogP contribution in [0.15, 0.2) is 133 Å². The van der Waals surface area contributed by atoms with Crippen LogP contribution in [0.5, 0.6) is 11.5 Å². The second-order valence-electron chi connectivity index (χ2n) is 17.0. The van der Waals surface area contributed by atoms with Gasteiger partial charge in [0, 0.05) is 12.8 Å². The van der Waals surface area contributed by atoms with Gasteiger partial charge in [0.25, 0.3) is 0 Å². The number of ketones is 2. The smallest absolute Gasteiger partial charge is 0.338 e. The van der Waals surface area contributed by atoms with Crippen molar-refractivity contribution in [3.63, 3.8) is 0 Å². The van der Waals surface area contributed by atoms with Crippen LogP contribution in [0, 0.1) is 0 Å². The molecule has 0 saturated carbocycles. The largest absolute Gasteiger partial charge is 0.461 e. The first-order valence-corrected chi connectivity index (χ1v) is 23.4. The minimum atomic E-state index is -1.86. The number of allylic oxidation sites excluding steroid dienone is 4. The lowest BCUT2D eigenvalue weighted by Gasteiger charge is -2.43. The predicted molar refractivity (Wildman–Crippen MR) is 253 cm³/mol. The summed E-state index contributed by atoms with van der Waals surface area (Å²) in [5.74, 6) is -5.82. The highest BCUT2D eigenvalue weighted by Gasteiger charge is 2.53. The third-order valence-corrected chi connectivity index (χ3v) is 11.5. The molecular formula is C54H52O20. The molecule has 74 heavy (non-hydrogen) atoms. The van der Waals surface area contributed by atoms with Gasteiger partial charge in [-0.3, -0.25) is 19.2 Å². The molecule has 10 atom stereocenters. The van der Waals surface area contributed by atoms with Crippen LogP contribution in [0.1, 0.15) is 81.0 Å². The summed E-state index contributed by atoms with van der Waals surface area (Å²) in [6.07, 6.45) is -11.4. The molecule has 0 aromatic heterocycles. The SMILES string of the molecule is CC(=O)/C=C\CCC(=O)O[C@@H]1[C@@H](O)[C@H](OC(=O)c2ccccc2)[C@H]2Oc3ccc(cc3)C(=O)OC[C@H]3O[C@@H](Oc4ccc(cc4)C(=O)OC[C@@H]1O2)[C@H](OC(=O)c1ccccc1)[C@@H](O)[C@@H]3OC(=O)CC/C=C\C(C)=O. The normalized spacial score (nSPS) is 24.9. The molecule has 10 rings (SSSR count). The Labute approximate surface area is 423 Å². The van der Waals surface area contributed by atoms with Crippen molar-refractivity contribution in [1.29, 1.82) is 0 Å². The molecule has 6 heterocycles. The Balaban J connectivity index is 1.20. The van der Waals surface area contributed by atoms with Crippen molar-refractivity contribution in [1.82, 2.24) is 0 Å². The fourth-order valence-corrected chi connectivity index (χ4v) is 7.73. The first-order chi connectivity index (χ1) is 35.6. The van der Waals surface area contributed by atoms with Gasteiger partial charge in [0.05, 0.1) is 22.3 Å². The second kappa shape index (κ2) is 25.6. The van der Waals surface area contributed by atoms with Gasteiger partial charge in [0.15, 0.2) is 36.0 Å². The molecular weight excluding hydrogens is 969 g/mol. The Morgan fingerprint density at radius 1 is 0.514 bits per heavy atom. The lowest BCUT2D eigenvalue weighted by atomic mass is 9.98. The van der Waals surface area contributed by atoms with Gasteiger partial charge >= 0.3 is 35.8 Å². The third-order valence-electron chi connectivity index (χ3n) is 11.5. The Hall–Kier alpha value is -8.04. The summed E-state index contributed by atoms with van der Waals surface area (Å²) < 4.78 is 59.0. The van der Waals surface area contributed by atoms with Gasteiger partial charge in [-0.15, -0.1) is 0 Å². The maximum absolute atomic E-state index is 13.7. The highest BCUT2D eigenvalue weighted by atomic mass is 16.7. The topological polar surface area (TPSA) is 269 Å². The van der Waals surface area contributed by atoms with Crippen LogP contribution in [0.2, 0.25) is 0 Å². The van der Waals surface area contributed by atoms with E-state index in [1.54, 1.807) is 36.4 Å². The lowest BCUT2D eigenvalue weighted by molar-refractivity contribution is -0.280. The molecule has 0 amide bonds. The van der Waals surface area contributed by atoms with Crippen LogP contribution >= 0.6 is 0 Å². The van der Waals surface area contributed by atoms with Crippen molar-refractivity contribution in [3.05, 3.63) is 156 Å². The van der Waals surface area contributed by atoms with E-state index in [1.807, 2.05) is 0 Å². The van der Waals surface area contributed by atoms with E-state index in [0.29, 0.717) is 0 Å². The van der Waals surface area contributed by atoms with Gasteiger partial charge < -0.3 is 57.6 Å². The molecule has 0 unspecified atom stereocenters. The number of aliphatic hydroxyl groups excluding tert-OH is 2. The standard InChI is InChI=1S/C54H52O20/c1-31(55)13-9-11-19-41(57)71-45-39-29-65-49(61)35-21-27-38(28-22-35)68-54-48(74-52(64)34-17-7-4-8-18-34)44(60)46(72-42(58)20-12-10-14-32(2)56)40(70-54)30-66-50(62)36-23-25-37(26-24-36)67-53(69-39)47(43(45)59)73-51(63)33-15-5-3-6-16-33/h3-10,13-18,21-28,39-40,43-48,53-54,59-60H,11-12,19-20,29-30H2,1-2H3/b13-9-,14-10-/t39-,40+,43+,44-,45-,46+,47-,48+,53-,54+. The van der Waals surface area contributed by atoms with E-state index >= 15 is 0 Å². The number of hydrogen-bond donors (Lipinski definition) is 2. The quantitative estimate of drug-likeness (QED) is 0.0978. The van der Waals surface area contributed by atoms with E-state index in [0.717, 1.165) is 0 Å². The van der Waals surface area contributed by atoms with E-state index in [4.69, 9.17) is 47.4 Å². The Kier molecular flexibility index (Phi) is 18.6. The number of ether oxygens (including phenoxy) is 10. The van der Waals surface area contributed by atoms with Crippen molar-refractivity contribution < 1.29 is 95.9 Å². The van der Waals surface area contributed by atoms with Gasteiger partial charge in [-0.05, 0) is 112 Å². The molecule has 388 valence electrons. The van der Waals surface area contributed by atoms with Crippen molar-refractivity contribution >= 4 is 47.4 Å². The molecule has 0 aliphatic carbocycles. The molecule has 2 saturated heterocycles. The Morgan fingerprint density at radius 3 is 1.23 bits per heavy atom. The first kappa shape index (κ1) is 53.8.